The lowest BCUT2D eigenvalue weighted by Gasteiger charge is -2.36. The van der Waals surface area contributed by atoms with Crippen LogP contribution in [0, 0.1) is 9.39 Å². The van der Waals surface area contributed by atoms with Gasteiger partial charge in [0, 0.05) is 17.2 Å². The molecule has 0 radical (unpaired) electrons. The maximum Gasteiger partial charge on any atom is 0.239 e. The average Bonchev–Trinajstić information content (AvgIpc) is 3.49. The molecule has 1 fully saturated rings. The van der Waals surface area contributed by atoms with Gasteiger partial charge in [0.2, 0.25) is 10.0 Å². The number of halogens is 3. The zero-order valence-corrected chi connectivity index (χ0v) is 26.5. The molecule has 1 aromatic carbocycles. The minimum absolute atomic E-state index is 0.00404. The van der Waals surface area contributed by atoms with E-state index in [2.05, 4.69) is 53.9 Å². The number of fused-ring (bicyclic) bond motifs is 1. The molecule has 1 aliphatic carbocycles. The number of anilines is 3. The van der Waals surface area contributed by atoms with Crippen LogP contribution < -0.4 is 10.0 Å². The van der Waals surface area contributed by atoms with Crippen molar-refractivity contribution in [1.82, 2.24) is 14.5 Å². The van der Waals surface area contributed by atoms with Crippen LogP contribution in [0.15, 0.2) is 24.5 Å². The fraction of sp³-hybridized carbons (Fsp3) is 0.500. The normalized spacial score (nSPS) is 15.7. The SMILES string of the molecule is Cn1cnc2c(Cl)c(Nc3ccc(I)cc3F)c(NS(=O)(=O)C3(CCO[Si](C)(C)C(C)(C)C)CC3)nc21. The van der Waals surface area contributed by atoms with Crippen molar-refractivity contribution in [2.75, 3.05) is 16.6 Å². The predicted molar refractivity (Wildman–Crippen MR) is 158 cm³/mol. The van der Waals surface area contributed by atoms with Crippen LogP contribution >= 0.6 is 34.2 Å². The number of aromatic nitrogens is 3. The zero-order valence-electron chi connectivity index (χ0n) is 21.7. The summed E-state index contributed by atoms with van der Waals surface area (Å²) in [5.41, 5.74) is 1.07. The topological polar surface area (TPSA) is 98.1 Å². The van der Waals surface area contributed by atoms with Crippen LogP contribution in [0.2, 0.25) is 23.2 Å². The highest BCUT2D eigenvalue weighted by molar-refractivity contribution is 14.1. The Labute approximate surface area is 237 Å². The number of hydrogen-bond donors (Lipinski definition) is 2. The number of sulfonamides is 1. The maximum absolute atomic E-state index is 14.7. The summed E-state index contributed by atoms with van der Waals surface area (Å²) in [6.07, 6.45) is 2.97. The number of benzene rings is 1. The molecule has 202 valence electrons. The molecule has 0 aliphatic heterocycles. The molecule has 0 saturated heterocycles. The van der Waals surface area contributed by atoms with Gasteiger partial charge in [0.1, 0.15) is 17.0 Å². The first-order chi connectivity index (χ1) is 17.1. The van der Waals surface area contributed by atoms with Gasteiger partial charge in [-0.05, 0) is 78.2 Å². The molecular weight excluding hydrogens is 648 g/mol. The third kappa shape index (κ3) is 5.63. The Morgan fingerprint density at radius 3 is 2.57 bits per heavy atom. The molecule has 1 aliphatic rings. The molecule has 8 nitrogen and oxygen atoms in total. The Hall–Kier alpha value is -1.48. The summed E-state index contributed by atoms with van der Waals surface area (Å²) in [6.45, 7) is 11.1. The van der Waals surface area contributed by atoms with Gasteiger partial charge >= 0.3 is 0 Å². The number of imidazole rings is 1. The second-order valence-corrected chi connectivity index (χ2v) is 19.6. The zero-order chi connectivity index (χ0) is 27.4. The number of pyridine rings is 1. The smallest absolute Gasteiger partial charge is 0.239 e. The van der Waals surface area contributed by atoms with E-state index in [1.807, 2.05) is 22.6 Å². The van der Waals surface area contributed by atoms with Crippen LogP contribution in [-0.2, 0) is 21.5 Å². The van der Waals surface area contributed by atoms with Crippen molar-refractivity contribution in [2.24, 2.45) is 7.05 Å². The molecule has 1 saturated carbocycles. The van der Waals surface area contributed by atoms with Gasteiger partial charge < -0.3 is 14.3 Å². The van der Waals surface area contributed by atoms with E-state index < -0.39 is 28.9 Å². The van der Waals surface area contributed by atoms with Gasteiger partial charge in [-0.3, -0.25) is 4.72 Å². The van der Waals surface area contributed by atoms with Gasteiger partial charge in [0.15, 0.2) is 19.8 Å². The van der Waals surface area contributed by atoms with Gasteiger partial charge in [0.25, 0.3) is 0 Å². The lowest BCUT2D eigenvalue weighted by Crippen LogP contribution is -2.42. The predicted octanol–water partition coefficient (Wildman–Crippen LogP) is 6.80. The number of hydrogen-bond acceptors (Lipinski definition) is 6. The molecule has 0 bridgehead atoms. The van der Waals surface area contributed by atoms with Crippen LogP contribution in [0.1, 0.15) is 40.0 Å². The first kappa shape index (κ1) is 28.5. The average molecular weight is 680 g/mol. The van der Waals surface area contributed by atoms with E-state index in [-0.39, 0.29) is 27.3 Å². The summed E-state index contributed by atoms with van der Waals surface area (Å²) in [5, 5.41) is 3.12. The lowest BCUT2D eigenvalue weighted by atomic mass is 10.2. The number of rotatable bonds is 9. The fourth-order valence-corrected chi connectivity index (χ4v) is 7.12. The second-order valence-electron chi connectivity index (χ2n) is 11.1. The maximum atomic E-state index is 14.7. The van der Waals surface area contributed by atoms with Gasteiger partial charge in [-0.15, -0.1) is 0 Å². The summed E-state index contributed by atoms with van der Waals surface area (Å²) in [5.74, 6) is -0.505. The van der Waals surface area contributed by atoms with Crippen molar-refractivity contribution in [1.29, 1.82) is 0 Å². The summed E-state index contributed by atoms with van der Waals surface area (Å²) in [7, 11) is -4.14. The summed E-state index contributed by atoms with van der Waals surface area (Å²) in [6, 6.07) is 4.67. The number of aryl methyl sites for hydroxylation is 1. The molecule has 2 heterocycles. The van der Waals surface area contributed by atoms with Crippen LogP contribution in [0.4, 0.5) is 21.6 Å². The van der Waals surface area contributed by atoms with Crippen molar-refractivity contribution in [2.45, 2.75) is 62.9 Å². The van der Waals surface area contributed by atoms with Crippen molar-refractivity contribution in [3.63, 3.8) is 0 Å². The standard InChI is InChI=1S/C24H32ClFIN5O3SSi/c1-23(2,3)37(5,6)35-12-11-24(9-10-24)36(33,34)31-21-19(29-17-8-7-15(27)13-16(17)26)18(25)20-22(30-21)32(4)14-28-20/h7-8,13-14,29H,9-12H2,1-6H3,(H,30,31). The molecule has 2 N–H and O–H groups in total. The highest BCUT2D eigenvalue weighted by atomic mass is 127. The molecular formula is C24H32ClFIN5O3SSi. The summed E-state index contributed by atoms with van der Waals surface area (Å²) >= 11 is 8.69. The number of nitrogens with zero attached hydrogens (tertiary/aromatic N) is 3. The number of nitrogens with one attached hydrogen (secondary N) is 2. The third-order valence-corrected chi connectivity index (χ3v) is 15.2. The van der Waals surface area contributed by atoms with E-state index in [9.17, 15) is 12.8 Å². The van der Waals surface area contributed by atoms with E-state index in [1.54, 1.807) is 23.7 Å². The molecule has 2 aromatic heterocycles. The summed E-state index contributed by atoms with van der Waals surface area (Å²) in [4.78, 5) is 8.81. The van der Waals surface area contributed by atoms with E-state index in [0.717, 1.165) is 3.57 Å². The Balaban J connectivity index is 1.65. The third-order valence-electron chi connectivity index (χ3n) is 7.41. The van der Waals surface area contributed by atoms with E-state index in [4.69, 9.17) is 16.0 Å². The van der Waals surface area contributed by atoms with E-state index >= 15 is 0 Å². The minimum Gasteiger partial charge on any atom is -0.417 e. The largest absolute Gasteiger partial charge is 0.417 e. The highest BCUT2D eigenvalue weighted by Gasteiger charge is 2.55. The fourth-order valence-electron chi connectivity index (χ4n) is 3.74. The summed E-state index contributed by atoms with van der Waals surface area (Å²) < 4.78 is 52.4. The minimum atomic E-state index is -3.87. The van der Waals surface area contributed by atoms with Crippen LogP contribution in [0.3, 0.4) is 0 Å². The van der Waals surface area contributed by atoms with Crippen LogP contribution in [0.5, 0.6) is 0 Å². The molecule has 0 atom stereocenters. The Morgan fingerprint density at radius 1 is 1.30 bits per heavy atom. The molecule has 37 heavy (non-hydrogen) atoms. The van der Waals surface area contributed by atoms with Crippen molar-refractivity contribution in [3.8, 4) is 0 Å². The lowest BCUT2D eigenvalue weighted by molar-refractivity contribution is 0.277. The Kier molecular flexibility index (Phi) is 7.65. The molecule has 0 spiro atoms. The quantitative estimate of drug-likeness (QED) is 0.191. The van der Waals surface area contributed by atoms with E-state index in [0.29, 0.717) is 37.0 Å². The molecule has 4 rings (SSSR count). The second kappa shape index (κ2) is 9.92. The van der Waals surface area contributed by atoms with Gasteiger partial charge in [-0.1, -0.05) is 32.4 Å². The first-order valence-corrected chi connectivity index (χ1v) is 17.8. The van der Waals surface area contributed by atoms with Crippen molar-refractivity contribution >= 4 is 80.9 Å². The van der Waals surface area contributed by atoms with Crippen LogP contribution in [0.25, 0.3) is 11.2 Å². The van der Waals surface area contributed by atoms with Gasteiger partial charge in [-0.2, -0.15) is 0 Å². The molecule has 0 amide bonds. The Morgan fingerprint density at radius 2 is 1.97 bits per heavy atom. The molecule has 0 unspecified atom stereocenters. The van der Waals surface area contributed by atoms with Crippen LogP contribution in [-0.4, -0.2) is 42.6 Å². The van der Waals surface area contributed by atoms with Crippen molar-refractivity contribution < 1.29 is 17.2 Å². The van der Waals surface area contributed by atoms with E-state index in [1.165, 1.54) is 12.4 Å². The molecule has 13 heteroatoms. The van der Waals surface area contributed by atoms with Gasteiger partial charge in [0.05, 0.1) is 21.8 Å². The Bertz CT molecular complexity index is 1450. The van der Waals surface area contributed by atoms with Gasteiger partial charge in [-0.25, -0.2) is 22.8 Å². The molecule has 3 aromatic rings. The van der Waals surface area contributed by atoms with Crippen molar-refractivity contribution in [3.05, 3.63) is 38.9 Å². The monoisotopic (exact) mass is 679 g/mol. The first-order valence-electron chi connectivity index (χ1n) is 12.0. The highest BCUT2D eigenvalue weighted by Crippen LogP contribution is 2.49.